The van der Waals surface area contributed by atoms with Crippen molar-refractivity contribution in [3.63, 3.8) is 0 Å². The van der Waals surface area contributed by atoms with E-state index < -0.39 is 18.1 Å². The van der Waals surface area contributed by atoms with Gasteiger partial charge in [-0.1, -0.05) is 36.4 Å². The number of hydrogen-bond acceptors (Lipinski definition) is 2. The molecule has 2 aromatic carbocycles. The number of alkyl halides is 1. The molecule has 1 amide bonds. The number of halogens is 2. The predicted molar refractivity (Wildman–Crippen MR) is 94.4 cm³/mol. The number of benzene rings is 2. The van der Waals surface area contributed by atoms with Gasteiger partial charge in [-0.3, -0.25) is 4.79 Å². The van der Waals surface area contributed by atoms with E-state index in [9.17, 15) is 18.7 Å². The second kappa shape index (κ2) is 7.93. The van der Waals surface area contributed by atoms with Crippen molar-refractivity contribution in [2.24, 2.45) is 0 Å². The van der Waals surface area contributed by atoms with Gasteiger partial charge >= 0.3 is 0 Å². The van der Waals surface area contributed by atoms with Crippen LogP contribution in [0.15, 0.2) is 48.5 Å². The lowest BCUT2D eigenvalue weighted by molar-refractivity contribution is -0.412. The number of carbonyl (C=O) groups excluding carboxylic acids is 1. The zero-order valence-corrected chi connectivity index (χ0v) is 14.4. The van der Waals surface area contributed by atoms with Crippen LogP contribution in [-0.2, 0) is 4.79 Å². The van der Waals surface area contributed by atoms with Gasteiger partial charge in [0.05, 0.1) is 19.1 Å². The first kappa shape index (κ1) is 18.5. The lowest BCUT2D eigenvalue weighted by atomic mass is 9.90. The summed E-state index contributed by atoms with van der Waals surface area (Å²) in [6, 6.07) is 12.9. The topological polar surface area (TPSA) is 68.2 Å². The van der Waals surface area contributed by atoms with E-state index in [4.69, 9.17) is 0 Å². The average molecular weight is 361 g/mol. The van der Waals surface area contributed by atoms with E-state index >= 15 is 0 Å². The van der Waals surface area contributed by atoms with E-state index in [1.807, 2.05) is 24.3 Å². The summed E-state index contributed by atoms with van der Waals surface area (Å²) in [7, 11) is 0. The van der Waals surface area contributed by atoms with Crippen LogP contribution < -0.4 is 5.73 Å². The van der Waals surface area contributed by atoms with Crippen molar-refractivity contribution in [2.75, 3.05) is 19.7 Å². The van der Waals surface area contributed by atoms with E-state index in [-0.39, 0.29) is 24.9 Å². The summed E-state index contributed by atoms with van der Waals surface area (Å²) in [6.45, 7) is 0.281. The van der Waals surface area contributed by atoms with Crippen molar-refractivity contribution < 1.29 is 24.4 Å². The molecule has 4 N–H and O–H groups in total. The van der Waals surface area contributed by atoms with Crippen molar-refractivity contribution in [3.05, 3.63) is 59.9 Å². The number of hydrogen-bond donors (Lipinski definition) is 2. The van der Waals surface area contributed by atoms with Gasteiger partial charge in [-0.2, -0.15) is 0 Å². The van der Waals surface area contributed by atoms with Crippen molar-refractivity contribution in [1.82, 2.24) is 4.90 Å². The van der Waals surface area contributed by atoms with Gasteiger partial charge in [0.25, 0.3) is 5.91 Å². The number of aliphatic hydroxyl groups is 1. The van der Waals surface area contributed by atoms with E-state index in [0.29, 0.717) is 13.0 Å². The molecule has 26 heavy (non-hydrogen) atoms. The molecule has 0 aliphatic carbocycles. The molecule has 1 saturated heterocycles. The Hall–Kier alpha value is -2.31. The molecule has 0 spiro atoms. The van der Waals surface area contributed by atoms with Crippen molar-refractivity contribution >= 4 is 5.91 Å². The summed E-state index contributed by atoms with van der Waals surface area (Å²) in [5.74, 6) is -0.975. The molecule has 0 aromatic heterocycles. The molecule has 1 fully saturated rings. The number of carbonyl (C=O) groups is 1. The molecule has 0 unspecified atom stereocenters. The summed E-state index contributed by atoms with van der Waals surface area (Å²) >= 11 is 0. The highest BCUT2D eigenvalue weighted by Crippen LogP contribution is 2.25. The van der Waals surface area contributed by atoms with Crippen molar-refractivity contribution in [3.8, 4) is 11.1 Å². The van der Waals surface area contributed by atoms with Crippen molar-refractivity contribution in [2.45, 2.75) is 24.6 Å². The molecule has 3 rings (SSSR count). The van der Waals surface area contributed by atoms with E-state index in [2.05, 4.69) is 5.73 Å². The Labute approximate surface area is 151 Å². The van der Waals surface area contributed by atoms with Crippen LogP contribution in [0.4, 0.5) is 8.78 Å². The highest BCUT2D eigenvalue weighted by atomic mass is 19.1. The second-order valence-corrected chi connectivity index (χ2v) is 6.69. The first-order valence-electron chi connectivity index (χ1n) is 8.72. The minimum atomic E-state index is -0.978. The molecule has 1 aliphatic rings. The SMILES string of the molecule is [NH3+][C@H](C(=O)N1CC[C@H](F)C1)[C@@H](CO)c1ccc(-c2ccc(F)cc2)cc1. The smallest absolute Gasteiger partial charge is 0.281 e. The quantitative estimate of drug-likeness (QED) is 0.852. The van der Waals surface area contributed by atoms with Gasteiger partial charge in [0, 0.05) is 6.54 Å². The first-order valence-corrected chi connectivity index (χ1v) is 8.72. The Balaban J connectivity index is 1.75. The van der Waals surface area contributed by atoms with Crippen LogP contribution in [0.1, 0.15) is 17.9 Å². The number of nitrogens with zero attached hydrogens (tertiary/aromatic N) is 1. The molecule has 0 bridgehead atoms. The molecular weight excluding hydrogens is 338 g/mol. The number of quaternary nitrogens is 1. The van der Waals surface area contributed by atoms with Gasteiger partial charge in [0.1, 0.15) is 12.0 Å². The highest BCUT2D eigenvalue weighted by molar-refractivity contribution is 5.82. The van der Waals surface area contributed by atoms with Crippen LogP contribution in [0.5, 0.6) is 0 Å². The third-order valence-corrected chi connectivity index (χ3v) is 4.96. The third-order valence-electron chi connectivity index (χ3n) is 4.96. The maximum Gasteiger partial charge on any atom is 0.281 e. The molecule has 0 radical (unpaired) electrons. The Morgan fingerprint density at radius 3 is 2.23 bits per heavy atom. The Kier molecular flexibility index (Phi) is 5.64. The fourth-order valence-electron chi connectivity index (χ4n) is 3.35. The first-order chi connectivity index (χ1) is 12.5. The fourth-order valence-corrected chi connectivity index (χ4v) is 3.35. The molecule has 0 saturated carbocycles. The van der Waals surface area contributed by atoms with Gasteiger partial charge in [-0.25, -0.2) is 8.78 Å². The van der Waals surface area contributed by atoms with Gasteiger partial charge in [-0.15, -0.1) is 0 Å². The zero-order chi connectivity index (χ0) is 18.7. The molecule has 6 heteroatoms. The van der Waals surface area contributed by atoms with Gasteiger partial charge < -0.3 is 15.7 Å². The molecule has 1 heterocycles. The molecule has 1 aliphatic heterocycles. The predicted octanol–water partition coefficient (Wildman–Crippen LogP) is 1.75. The van der Waals surface area contributed by atoms with Crippen LogP contribution in [0.2, 0.25) is 0 Å². The van der Waals surface area contributed by atoms with Crippen LogP contribution in [0.3, 0.4) is 0 Å². The fraction of sp³-hybridized carbons (Fsp3) is 0.350. The van der Waals surface area contributed by atoms with E-state index in [0.717, 1.165) is 16.7 Å². The van der Waals surface area contributed by atoms with Crippen molar-refractivity contribution in [1.29, 1.82) is 0 Å². The lowest BCUT2D eigenvalue weighted by Crippen LogP contribution is -2.70. The van der Waals surface area contributed by atoms with Crippen LogP contribution in [0.25, 0.3) is 11.1 Å². The lowest BCUT2D eigenvalue weighted by Gasteiger charge is -2.23. The minimum absolute atomic E-state index is 0.104. The number of amides is 1. The maximum atomic E-state index is 13.3. The Morgan fingerprint density at radius 1 is 1.15 bits per heavy atom. The molecular formula is C20H23F2N2O2+. The summed E-state index contributed by atoms with van der Waals surface area (Å²) in [5, 5.41) is 9.78. The Bertz CT molecular complexity index is 749. The minimum Gasteiger partial charge on any atom is -0.395 e. The highest BCUT2D eigenvalue weighted by Gasteiger charge is 2.36. The Morgan fingerprint density at radius 2 is 1.73 bits per heavy atom. The van der Waals surface area contributed by atoms with E-state index in [1.54, 1.807) is 12.1 Å². The zero-order valence-electron chi connectivity index (χ0n) is 14.4. The van der Waals surface area contributed by atoms with Gasteiger partial charge in [0.15, 0.2) is 6.04 Å². The molecule has 138 valence electrons. The largest absolute Gasteiger partial charge is 0.395 e. The summed E-state index contributed by atoms with van der Waals surface area (Å²) in [5.41, 5.74) is 6.52. The summed E-state index contributed by atoms with van der Waals surface area (Å²) in [4.78, 5) is 14.0. The maximum absolute atomic E-state index is 13.3. The standard InChI is InChI=1S/C20H22F2N2O2/c21-16-7-5-14(6-8-16)13-1-3-15(4-2-13)18(12-25)19(23)20(26)24-10-9-17(22)11-24/h1-8,17-19,25H,9-12,23H2/p+1/t17-,18-,19-/m0/s1. The van der Waals surface area contributed by atoms with Crippen LogP contribution in [0, 0.1) is 5.82 Å². The molecule has 2 aromatic rings. The third kappa shape index (κ3) is 3.92. The van der Waals surface area contributed by atoms with Crippen LogP contribution in [-0.4, -0.2) is 47.8 Å². The van der Waals surface area contributed by atoms with Crippen LogP contribution >= 0.6 is 0 Å². The molecule has 3 atom stereocenters. The number of likely N-dealkylation sites (tertiary alicyclic amines) is 1. The number of aliphatic hydroxyl groups excluding tert-OH is 1. The van der Waals surface area contributed by atoms with Gasteiger partial charge in [0.2, 0.25) is 0 Å². The average Bonchev–Trinajstić information content (AvgIpc) is 3.09. The number of rotatable bonds is 5. The van der Waals surface area contributed by atoms with Gasteiger partial charge in [-0.05, 0) is 35.2 Å². The summed E-state index contributed by atoms with van der Waals surface area (Å²) < 4.78 is 26.4. The van der Waals surface area contributed by atoms with E-state index in [1.165, 1.54) is 17.0 Å². The molecule has 4 nitrogen and oxygen atoms in total. The normalized spacial score (nSPS) is 19.4. The monoisotopic (exact) mass is 361 g/mol. The summed E-state index contributed by atoms with van der Waals surface area (Å²) in [6.07, 6.45) is -0.622. The second-order valence-electron chi connectivity index (χ2n) is 6.69.